The lowest BCUT2D eigenvalue weighted by Crippen LogP contribution is -2.54. The summed E-state index contributed by atoms with van der Waals surface area (Å²) >= 11 is 0. The maximum absolute atomic E-state index is 13.1. The zero-order chi connectivity index (χ0) is 20.9. The van der Waals surface area contributed by atoms with Gasteiger partial charge in [0, 0.05) is 18.7 Å². The Morgan fingerprint density at radius 1 is 1.10 bits per heavy atom. The quantitative estimate of drug-likeness (QED) is 0.757. The minimum absolute atomic E-state index is 0.155. The number of anilines is 1. The fourth-order valence-electron chi connectivity index (χ4n) is 3.27. The third-order valence-corrected chi connectivity index (χ3v) is 4.53. The SMILES string of the molecule is CC(C)(C)OC(=O)N[C@H]1Cc2ccccc2N(CCOCc2ccccc2)C1=O. The molecular weight excluding hydrogens is 368 g/mol. The van der Waals surface area contributed by atoms with Crippen LogP contribution in [0.3, 0.4) is 0 Å². The van der Waals surface area contributed by atoms with Gasteiger partial charge in [-0.15, -0.1) is 0 Å². The summed E-state index contributed by atoms with van der Waals surface area (Å²) in [5.41, 5.74) is 2.34. The van der Waals surface area contributed by atoms with Crippen molar-refractivity contribution in [1.82, 2.24) is 5.32 Å². The van der Waals surface area contributed by atoms with Crippen LogP contribution in [-0.2, 0) is 27.3 Å². The molecule has 0 unspecified atom stereocenters. The predicted molar refractivity (Wildman–Crippen MR) is 112 cm³/mol. The lowest BCUT2D eigenvalue weighted by molar-refractivity contribution is -0.121. The first kappa shape index (κ1) is 20.9. The Labute approximate surface area is 171 Å². The monoisotopic (exact) mass is 396 g/mol. The van der Waals surface area contributed by atoms with E-state index in [2.05, 4.69) is 5.32 Å². The number of ether oxygens (including phenoxy) is 2. The number of amides is 2. The number of nitrogens with zero attached hydrogens (tertiary/aromatic N) is 1. The normalized spacial score (nSPS) is 16.3. The zero-order valence-electron chi connectivity index (χ0n) is 17.2. The van der Waals surface area contributed by atoms with E-state index in [1.54, 1.807) is 25.7 Å². The van der Waals surface area contributed by atoms with Crippen LogP contribution in [0, 0.1) is 0 Å². The fraction of sp³-hybridized carbons (Fsp3) is 0.391. The smallest absolute Gasteiger partial charge is 0.408 e. The van der Waals surface area contributed by atoms with Crippen molar-refractivity contribution in [2.45, 2.75) is 45.4 Å². The Kier molecular flexibility index (Phi) is 6.54. The summed E-state index contributed by atoms with van der Waals surface area (Å²) in [6.07, 6.45) is -0.147. The van der Waals surface area contributed by atoms with Gasteiger partial charge in [0.2, 0.25) is 5.91 Å². The van der Waals surface area contributed by atoms with Crippen LogP contribution in [0.2, 0.25) is 0 Å². The van der Waals surface area contributed by atoms with Crippen molar-refractivity contribution in [1.29, 1.82) is 0 Å². The van der Waals surface area contributed by atoms with E-state index in [0.29, 0.717) is 26.2 Å². The molecule has 0 saturated carbocycles. The van der Waals surface area contributed by atoms with Gasteiger partial charge in [-0.3, -0.25) is 4.79 Å². The molecule has 1 atom stereocenters. The first-order valence-corrected chi connectivity index (χ1v) is 9.84. The molecule has 0 aliphatic carbocycles. The Balaban J connectivity index is 1.64. The van der Waals surface area contributed by atoms with Crippen molar-refractivity contribution < 1.29 is 19.1 Å². The molecule has 2 amide bonds. The molecule has 2 aromatic carbocycles. The van der Waals surface area contributed by atoms with Gasteiger partial charge in [0.05, 0.1) is 13.2 Å². The zero-order valence-corrected chi connectivity index (χ0v) is 17.2. The molecule has 0 radical (unpaired) electrons. The van der Waals surface area contributed by atoms with E-state index < -0.39 is 17.7 Å². The number of nitrogens with one attached hydrogen (secondary N) is 1. The predicted octanol–water partition coefficient (Wildman–Crippen LogP) is 3.69. The summed E-state index contributed by atoms with van der Waals surface area (Å²) in [5.74, 6) is -0.155. The van der Waals surface area contributed by atoms with E-state index in [9.17, 15) is 9.59 Å². The van der Waals surface area contributed by atoms with Crippen molar-refractivity contribution in [3.63, 3.8) is 0 Å². The number of rotatable bonds is 6. The van der Waals surface area contributed by atoms with Crippen LogP contribution in [0.25, 0.3) is 0 Å². The van der Waals surface area contributed by atoms with Crippen LogP contribution in [0.1, 0.15) is 31.9 Å². The Morgan fingerprint density at radius 2 is 1.79 bits per heavy atom. The van der Waals surface area contributed by atoms with Gasteiger partial charge in [-0.1, -0.05) is 48.5 Å². The van der Waals surface area contributed by atoms with Gasteiger partial charge in [0.1, 0.15) is 11.6 Å². The van der Waals surface area contributed by atoms with E-state index >= 15 is 0 Å². The van der Waals surface area contributed by atoms with Crippen molar-refractivity contribution >= 4 is 17.7 Å². The molecule has 0 fully saturated rings. The molecule has 1 aliphatic rings. The summed E-state index contributed by atoms with van der Waals surface area (Å²) < 4.78 is 11.1. The van der Waals surface area contributed by atoms with Crippen LogP contribution in [0.4, 0.5) is 10.5 Å². The highest BCUT2D eigenvalue weighted by atomic mass is 16.6. The largest absolute Gasteiger partial charge is 0.444 e. The highest BCUT2D eigenvalue weighted by Crippen LogP contribution is 2.27. The number of hydrogen-bond acceptors (Lipinski definition) is 4. The summed E-state index contributed by atoms with van der Waals surface area (Å²) in [6.45, 7) is 6.68. The second-order valence-electron chi connectivity index (χ2n) is 8.06. The molecule has 29 heavy (non-hydrogen) atoms. The minimum atomic E-state index is -0.658. The minimum Gasteiger partial charge on any atom is -0.444 e. The van der Waals surface area contributed by atoms with Gasteiger partial charge in [-0.25, -0.2) is 4.79 Å². The molecule has 0 spiro atoms. The lowest BCUT2D eigenvalue weighted by Gasteiger charge is -2.34. The molecule has 1 N–H and O–H groups in total. The fourth-order valence-corrected chi connectivity index (χ4v) is 3.27. The van der Waals surface area contributed by atoms with Crippen molar-refractivity contribution in [3.8, 4) is 0 Å². The van der Waals surface area contributed by atoms with E-state index in [1.807, 2.05) is 54.6 Å². The Morgan fingerprint density at radius 3 is 2.52 bits per heavy atom. The molecule has 0 aromatic heterocycles. The van der Waals surface area contributed by atoms with Crippen LogP contribution in [0.5, 0.6) is 0 Å². The first-order valence-electron chi connectivity index (χ1n) is 9.84. The molecule has 1 aliphatic heterocycles. The van der Waals surface area contributed by atoms with Gasteiger partial charge in [0.25, 0.3) is 0 Å². The maximum atomic E-state index is 13.1. The molecule has 154 valence electrons. The average Bonchev–Trinajstić information content (AvgIpc) is 2.67. The van der Waals surface area contributed by atoms with Gasteiger partial charge in [-0.05, 0) is 38.0 Å². The molecule has 6 nitrogen and oxygen atoms in total. The van der Waals surface area contributed by atoms with E-state index in [-0.39, 0.29) is 5.91 Å². The number of carbonyl (C=O) groups excluding carboxylic acids is 2. The van der Waals surface area contributed by atoms with Crippen LogP contribution < -0.4 is 10.2 Å². The number of carbonyl (C=O) groups is 2. The molecule has 1 heterocycles. The van der Waals surface area contributed by atoms with Crippen LogP contribution >= 0.6 is 0 Å². The van der Waals surface area contributed by atoms with Crippen LogP contribution in [0.15, 0.2) is 54.6 Å². The molecule has 2 aromatic rings. The third kappa shape index (κ3) is 5.81. The second kappa shape index (κ2) is 9.09. The van der Waals surface area contributed by atoms with E-state index in [1.165, 1.54) is 0 Å². The van der Waals surface area contributed by atoms with E-state index in [0.717, 1.165) is 16.8 Å². The molecule has 0 saturated heterocycles. The van der Waals surface area contributed by atoms with E-state index in [4.69, 9.17) is 9.47 Å². The number of benzene rings is 2. The number of alkyl carbamates (subject to hydrolysis) is 1. The third-order valence-electron chi connectivity index (χ3n) is 4.53. The number of hydrogen-bond donors (Lipinski definition) is 1. The summed E-state index contributed by atoms with van der Waals surface area (Å²) in [6, 6.07) is 17.0. The lowest BCUT2D eigenvalue weighted by atomic mass is 9.97. The highest BCUT2D eigenvalue weighted by Gasteiger charge is 2.34. The number of fused-ring (bicyclic) bond motifs is 1. The first-order chi connectivity index (χ1) is 13.8. The molecular formula is C23H28N2O4. The van der Waals surface area contributed by atoms with Gasteiger partial charge in [0.15, 0.2) is 0 Å². The van der Waals surface area contributed by atoms with Crippen LogP contribution in [-0.4, -0.2) is 36.8 Å². The topological polar surface area (TPSA) is 67.9 Å². The second-order valence-corrected chi connectivity index (χ2v) is 8.06. The Hall–Kier alpha value is -2.86. The van der Waals surface area contributed by atoms with Crippen molar-refractivity contribution in [3.05, 3.63) is 65.7 Å². The van der Waals surface area contributed by atoms with Gasteiger partial charge >= 0.3 is 6.09 Å². The summed E-state index contributed by atoms with van der Waals surface area (Å²) in [4.78, 5) is 26.9. The standard InChI is InChI=1S/C23H28N2O4/c1-23(2,3)29-22(27)24-19-15-18-11-7-8-12-20(18)25(21(19)26)13-14-28-16-17-9-5-4-6-10-17/h4-12,19H,13-16H2,1-3H3,(H,24,27)/t19-/m0/s1. The summed E-state index contributed by atoms with van der Waals surface area (Å²) in [5, 5.41) is 2.72. The number of para-hydroxylation sites is 1. The summed E-state index contributed by atoms with van der Waals surface area (Å²) in [7, 11) is 0. The van der Waals surface area contributed by atoms with Gasteiger partial charge in [-0.2, -0.15) is 0 Å². The average molecular weight is 396 g/mol. The molecule has 3 rings (SSSR count). The Bertz CT molecular complexity index is 845. The van der Waals surface area contributed by atoms with Crippen molar-refractivity contribution in [2.24, 2.45) is 0 Å². The van der Waals surface area contributed by atoms with Crippen molar-refractivity contribution in [2.75, 3.05) is 18.1 Å². The van der Waals surface area contributed by atoms with Gasteiger partial charge < -0.3 is 19.7 Å². The highest BCUT2D eigenvalue weighted by molar-refractivity contribution is 6.01. The molecule has 0 bridgehead atoms. The maximum Gasteiger partial charge on any atom is 0.408 e. The molecule has 6 heteroatoms.